The van der Waals surface area contributed by atoms with Crippen LogP contribution in [0.1, 0.15) is 21.5 Å². The number of halogens is 3. The molecule has 2 N–H and O–H groups in total. The molecule has 1 aliphatic rings. The normalized spacial score (nSPS) is 13.0. The van der Waals surface area contributed by atoms with Crippen LogP contribution >= 0.6 is 0 Å². The zero-order chi connectivity index (χ0) is 19.7. The van der Waals surface area contributed by atoms with Crippen LogP contribution in [-0.2, 0) is 12.6 Å². The fourth-order valence-electron chi connectivity index (χ4n) is 3.43. The van der Waals surface area contributed by atoms with Gasteiger partial charge >= 0.3 is 6.18 Å². The van der Waals surface area contributed by atoms with Crippen molar-refractivity contribution in [1.82, 2.24) is 0 Å². The lowest BCUT2D eigenvalue weighted by molar-refractivity contribution is -0.137. The molecule has 0 fully saturated rings. The quantitative estimate of drug-likeness (QED) is 0.620. The van der Waals surface area contributed by atoms with Crippen LogP contribution in [0.5, 0.6) is 0 Å². The molecule has 28 heavy (non-hydrogen) atoms. The van der Waals surface area contributed by atoms with Gasteiger partial charge in [-0.2, -0.15) is 13.2 Å². The molecule has 0 saturated carbocycles. The number of nitrogens with one attached hydrogen (secondary N) is 2. The van der Waals surface area contributed by atoms with E-state index in [4.69, 9.17) is 0 Å². The number of alkyl halides is 3. The van der Waals surface area contributed by atoms with Crippen molar-refractivity contribution in [2.75, 3.05) is 17.2 Å². The standard InChI is InChI=1S/C22H17F3N2O/c23-22(24,25)15-9-10-16(14-5-2-1-3-6-14)18(13-15)21(28)27-20-8-4-7-19-17(20)11-12-26-19/h1-10,13,26H,11-12H2,(H,27,28). The van der Waals surface area contributed by atoms with Crippen LogP contribution < -0.4 is 10.6 Å². The Balaban J connectivity index is 1.76. The third-order valence-electron chi connectivity index (χ3n) is 4.79. The highest BCUT2D eigenvalue weighted by molar-refractivity contribution is 6.09. The van der Waals surface area contributed by atoms with Gasteiger partial charge in [0, 0.05) is 29.0 Å². The first-order chi connectivity index (χ1) is 13.4. The van der Waals surface area contributed by atoms with Crippen LogP contribution in [0.15, 0.2) is 66.7 Å². The molecule has 3 nitrogen and oxygen atoms in total. The maximum Gasteiger partial charge on any atom is 0.416 e. The summed E-state index contributed by atoms with van der Waals surface area (Å²) >= 11 is 0. The molecule has 3 aromatic carbocycles. The van der Waals surface area contributed by atoms with Gasteiger partial charge in [-0.25, -0.2) is 0 Å². The monoisotopic (exact) mass is 382 g/mol. The molecular weight excluding hydrogens is 365 g/mol. The number of fused-ring (bicyclic) bond motifs is 1. The lowest BCUT2D eigenvalue weighted by Crippen LogP contribution is -2.16. The largest absolute Gasteiger partial charge is 0.416 e. The van der Waals surface area contributed by atoms with Gasteiger partial charge in [0.05, 0.1) is 5.56 Å². The molecule has 3 aromatic rings. The number of carbonyl (C=O) groups is 1. The van der Waals surface area contributed by atoms with E-state index < -0.39 is 17.6 Å². The summed E-state index contributed by atoms with van der Waals surface area (Å²) in [6.07, 6.45) is -3.78. The second-order valence-corrected chi connectivity index (χ2v) is 6.59. The SMILES string of the molecule is O=C(Nc1cccc2c1CCN2)c1cc(C(F)(F)F)ccc1-c1ccccc1. The van der Waals surface area contributed by atoms with E-state index in [0.29, 0.717) is 16.8 Å². The van der Waals surface area contributed by atoms with Gasteiger partial charge < -0.3 is 10.6 Å². The van der Waals surface area contributed by atoms with Crippen LogP contribution in [0.4, 0.5) is 24.5 Å². The number of benzene rings is 3. The van der Waals surface area contributed by atoms with Crippen molar-refractivity contribution in [3.05, 3.63) is 83.4 Å². The Morgan fingerprint density at radius 1 is 0.964 bits per heavy atom. The number of hydrogen-bond donors (Lipinski definition) is 2. The van der Waals surface area contributed by atoms with Gasteiger partial charge in [-0.3, -0.25) is 4.79 Å². The van der Waals surface area contributed by atoms with E-state index in [0.717, 1.165) is 36.3 Å². The molecule has 6 heteroatoms. The molecule has 0 radical (unpaired) electrons. The summed E-state index contributed by atoms with van der Waals surface area (Å²) in [4.78, 5) is 13.0. The van der Waals surface area contributed by atoms with E-state index in [1.165, 1.54) is 6.07 Å². The van der Waals surface area contributed by atoms with Crippen LogP contribution in [0.2, 0.25) is 0 Å². The first-order valence-corrected chi connectivity index (χ1v) is 8.87. The molecule has 0 atom stereocenters. The second kappa shape index (κ2) is 7.03. The maximum absolute atomic E-state index is 13.2. The van der Waals surface area contributed by atoms with E-state index in [1.54, 1.807) is 36.4 Å². The second-order valence-electron chi connectivity index (χ2n) is 6.59. The fraction of sp³-hybridized carbons (Fsp3) is 0.136. The maximum atomic E-state index is 13.2. The number of anilines is 2. The van der Waals surface area contributed by atoms with Crippen molar-refractivity contribution in [3.8, 4) is 11.1 Å². The van der Waals surface area contributed by atoms with Crippen molar-refractivity contribution in [2.24, 2.45) is 0 Å². The van der Waals surface area contributed by atoms with Crippen molar-refractivity contribution >= 4 is 17.3 Å². The minimum absolute atomic E-state index is 0.00964. The number of hydrogen-bond acceptors (Lipinski definition) is 2. The Labute approximate surface area is 160 Å². The van der Waals surface area contributed by atoms with Gasteiger partial charge in [-0.05, 0) is 41.8 Å². The molecule has 0 unspecified atom stereocenters. The van der Waals surface area contributed by atoms with E-state index in [2.05, 4.69) is 10.6 Å². The zero-order valence-electron chi connectivity index (χ0n) is 14.8. The van der Waals surface area contributed by atoms with Gasteiger partial charge in [0.2, 0.25) is 0 Å². The van der Waals surface area contributed by atoms with E-state index in [1.807, 2.05) is 12.1 Å². The first-order valence-electron chi connectivity index (χ1n) is 8.87. The third-order valence-corrected chi connectivity index (χ3v) is 4.79. The van der Waals surface area contributed by atoms with E-state index >= 15 is 0 Å². The summed E-state index contributed by atoms with van der Waals surface area (Å²) in [7, 11) is 0. The fourth-order valence-corrected chi connectivity index (χ4v) is 3.43. The van der Waals surface area contributed by atoms with Gasteiger partial charge in [0.25, 0.3) is 5.91 Å². The van der Waals surface area contributed by atoms with Crippen molar-refractivity contribution in [1.29, 1.82) is 0 Å². The van der Waals surface area contributed by atoms with Crippen molar-refractivity contribution in [3.63, 3.8) is 0 Å². The number of amides is 1. The summed E-state index contributed by atoms with van der Waals surface area (Å²) < 4.78 is 39.7. The number of carbonyl (C=O) groups excluding carboxylic acids is 1. The van der Waals surface area contributed by atoms with Crippen LogP contribution in [-0.4, -0.2) is 12.5 Å². The van der Waals surface area contributed by atoms with Gasteiger partial charge in [0.15, 0.2) is 0 Å². The minimum Gasteiger partial charge on any atom is -0.384 e. The lowest BCUT2D eigenvalue weighted by atomic mass is 9.96. The molecule has 4 rings (SSSR count). The Bertz CT molecular complexity index is 1030. The Hall–Kier alpha value is -3.28. The summed E-state index contributed by atoms with van der Waals surface area (Å²) in [5, 5.41) is 6.02. The summed E-state index contributed by atoms with van der Waals surface area (Å²) in [6, 6.07) is 17.7. The number of rotatable bonds is 3. The zero-order valence-corrected chi connectivity index (χ0v) is 14.8. The Morgan fingerprint density at radius 3 is 2.50 bits per heavy atom. The Kier molecular flexibility index (Phi) is 4.55. The Morgan fingerprint density at radius 2 is 1.75 bits per heavy atom. The molecule has 1 amide bonds. The molecule has 0 saturated heterocycles. The highest BCUT2D eigenvalue weighted by atomic mass is 19.4. The average molecular weight is 382 g/mol. The van der Waals surface area contributed by atoms with Gasteiger partial charge in [-0.15, -0.1) is 0 Å². The summed E-state index contributed by atoms with van der Waals surface area (Å²) in [5.41, 5.74) is 2.79. The lowest BCUT2D eigenvalue weighted by Gasteiger charge is -2.15. The predicted molar refractivity (Wildman–Crippen MR) is 103 cm³/mol. The highest BCUT2D eigenvalue weighted by Crippen LogP contribution is 2.35. The van der Waals surface area contributed by atoms with E-state index in [-0.39, 0.29) is 5.56 Å². The molecule has 0 aromatic heterocycles. The van der Waals surface area contributed by atoms with Crippen LogP contribution in [0, 0.1) is 0 Å². The molecule has 0 spiro atoms. The molecule has 0 aliphatic carbocycles. The van der Waals surface area contributed by atoms with Crippen molar-refractivity contribution in [2.45, 2.75) is 12.6 Å². The van der Waals surface area contributed by atoms with Crippen LogP contribution in [0.3, 0.4) is 0 Å². The molecule has 142 valence electrons. The molecule has 0 bridgehead atoms. The average Bonchev–Trinajstić information content (AvgIpc) is 3.17. The van der Waals surface area contributed by atoms with Crippen LogP contribution in [0.25, 0.3) is 11.1 Å². The molecular formula is C22H17F3N2O. The molecule has 1 aliphatic heterocycles. The van der Waals surface area contributed by atoms with Gasteiger partial charge in [-0.1, -0.05) is 42.5 Å². The molecule has 1 heterocycles. The third kappa shape index (κ3) is 3.45. The topological polar surface area (TPSA) is 41.1 Å². The summed E-state index contributed by atoms with van der Waals surface area (Å²) in [5.74, 6) is -0.565. The smallest absolute Gasteiger partial charge is 0.384 e. The highest BCUT2D eigenvalue weighted by Gasteiger charge is 2.32. The minimum atomic E-state index is -4.53. The first kappa shape index (κ1) is 18.1. The predicted octanol–water partition coefficient (Wildman–Crippen LogP) is 5.59. The summed E-state index contributed by atoms with van der Waals surface area (Å²) in [6.45, 7) is 0.765. The van der Waals surface area contributed by atoms with Gasteiger partial charge in [0.1, 0.15) is 0 Å². The van der Waals surface area contributed by atoms with E-state index in [9.17, 15) is 18.0 Å². The van der Waals surface area contributed by atoms with Crippen molar-refractivity contribution < 1.29 is 18.0 Å².